The van der Waals surface area contributed by atoms with E-state index in [4.69, 9.17) is 4.42 Å². The molecule has 45 heavy (non-hydrogen) atoms. The van der Waals surface area contributed by atoms with Gasteiger partial charge >= 0.3 is 0 Å². The minimum atomic E-state index is -0.245. The summed E-state index contributed by atoms with van der Waals surface area (Å²) in [5.74, 6) is 0.361. The lowest BCUT2D eigenvalue weighted by Gasteiger charge is -2.25. The van der Waals surface area contributed by atoms with E-state index >= 15 is 0 Å². The maximum atomic E-state index is 13.7. The van der Waals surface area contributed by atoms with Crippen molar-refractivity contribution in [2.45, 2.75) is 71.6 Å². The molecule has 234 valence electrons. The molecular formula is C37H42N4O4. The van der Waals surface area contributed by atoms with Gasteiger partial charge in [-0.2, -0.15) is 0 Å². The van der Waals surface area contributed by atoms with Gasteiger partial charge in [-0.25, -0.2) is 4.98 Å². The second kappa shape index (κ2) is 13.9. The summed E-state index contributed by atoms with van der Waals surface area (Å²) in [5.41, 5.74) is 6.66. The van der Waals surface area contributed by atoms with Crippen molar-refractivity contribution in [3.63, 3.8) is 0 Å². The fourth-order valence-corrected chi connectivity index (χ4v) is 5.98. The average Bonchev–Trinajstić information content (AvgIpc) is 3.67. The van der Waals surface area contributed by atoms with Crippen molar-refractivity contribution in [1.29, 1.82) is 0 Å². The summed E-state index contributed by atoms with van der Waals surface area (Å²) in [6.45, 7) is 13.0. The van der Waals surface area contributed by atoms with E-state index in [2.05, 4.69) is 34.3 Å². The van der Waals surface area contributed by atoms with Crippen LogP contribution in [0.25, 0.3) is 5.57 Å². The Morgan fingerprint density at radius 3 is 2.58 bits per heavy atom. The van der Waals surface area contributed by atoms with Gasteiger partial charge in [0.05, 0.1) is 5.69 Å². The number of nitrogens with one attached hydrogen (secondary N) is 2. The zero-order chi connectivity index (χ0) is 32.1. The van der Waals surface area contributed by atoms with Gasteiger partial charge < -0.3 is 25.1 Å². The van der Waals surface area contributed by atoms with Crippen LogP contribution in [0.2, 0.25) is 0 Å². The number of aromatic hydroxyl groups is 1. The highest BCUT2D eigenvalue weighted by Crippen LogP contribution is 2.33. The van der Waals surface area contributed by atoms with E-state index < -0.39 is 0 Å². The van der Waals surface area contributed by atoms with Crippen molar-refractivity contribution in [3.8, 4) is 5.75 Å². The van der Waals surface area contributed by atoms with E-state index in [9.17, 15) is 14.7 Å². The number of likely N-dealkylation sites (tertiary alicyclic amines) is 1. The number of hydrogen-bond donors (Lipinski definition) is 3. The minimum Gasteiger partial charge on any atom is -0.508 e. The third-order valence-electron chi connectivity index (χ3n) is 8.23. The molecule has 1 fully saturated rings. The average molecular weight is 607 g/mol. The van der Waals surface area contributed by atoms with Crippen LogP contribution < -0.4 is 10.6 Å². The molecule has 0 spiro atoms. The number of rotatable bonds is 11. The molecule has 3 N–H and O–H groups in total. The van der Waals surface area contributed by atoms with E-state index in [1.54, 1.807) is 35.4 Å². The molecule has 3 aromatic carbocycles. The van der Waals surface area contributed by atoms with Gasteiger partial charge in [0.25, 0.3) is 11.8 Å². The normalized spacial score (nSPS) is 15.9. The standard InChI is InChI=1S/C37H42N4O4/c1-23(2)28-10-6-9-27(18-28)21-38-33(29-11-7-12-32(42)20-29)17-25(4)39-35(43)30-15-24(3)16-31(19-30)37(44)41-14-8-13-34(41)36-40-26(5)22-45-36/h6-7,9-12,15-16,18-20,22,25,33-34,38,42H,1,8,13-14,17,21H2,2-5H3,(H,39,43)/t25-,33?,34+/m0/s1. The van der Waals surface area contributed by atoms with Gasteiger partial charge in [-0.3, -0.25) is 9.59 Å². The van der Waals surface area contributed by atoms with Gasteiger partial charge in [0.2, 0.25) is 5.89 Å². The Morgan fingerprint density at radius 2 is 1.84 bits per heavy atom. The molecule has 0 radical (unpaired) electrons. The first-order valence-corrected chi connectivity index (χ1v) is 15.5. The Labute approximate surface area is 265 Å². The quantitative estimate of drug-likeness (QED) is 0.169. The fourth-order valence-electron chi connectivity index (χ4n) is 5.98. The zero-order valence-electron chi connectivity index (χ0n) is 26.5. The molecule has 8 heteroatoms. The topological polar surface area (TPSA) is 108 Å². The molecule has 1 aliphatic heterocycles. The van der Waals surface area contributed by atoms with Crippen LogP contribution in [0.1, 0.15) is 99.7 Å². The molecule has 1 saturated heterocycles. The number of aryl methyl sites for hydroxylation is 2. The van der Waals surface area contributed by atoms with Crippen LogP contribution >= 0.6 is 0 Å². The Balaban J connectivity index is 1.28. The minimum absolute atomic E-state index is 0.136. The second-order valence-electron chi connectivity index (χ2n) is 12.2. The van der Waals surface area contributed by atoms with Crippen molar-refractivity contribution in [2.24, 2.45) is 0 Å². The first-order valence-electron chi connectivity index (χ1n) is 15.5. The number of carbonyl (C=O) groups is 2. The number of nitrogens with zero attached hydrogens (tertiary/aromatic N) is 2. The number of hydrogen-bond acceptors (Lipinski definition) is 6. The highest BCUT2D eigenvalue weighted by Gasteiger charge is 2.34. The number of phenolic OH excluding ortho intramolecular Hbond substituents is 1. The Morgan fingerprint density at radius 1 is 1.07 bits per heavy atom. The summed E-state index contributed by atoms with van der Waals surface area (Å²) < 4.78 is 5.63. The molecule has 3 atom stereocenters. The number of allylic oxidation sites excluding steroid dienone is 1. The van der Waals surface area contributed by atoms with Crippen LogP contribution in [-0.4, -0.2) is 39.4 Å². The van der Waals surface area contributed by atoms with Gasteiger partial charge in [0, 0.05) is 36.3 Å². The molecule has 1 unspecified atom stereocenters. The summed E-state index contributed by atoms with van der Waals surface area (Å²) in [6, 6.07) is 20.2. The Bertz CT molecular complexity index is 1690. The molecule has 5 rings (SSSR count). The van der Waals surface area contributed by atoms with Gasteiger partial charge in [0.1, 0.15) is 18.1 Å². The zero-order valence-corrected chi connectivity index (χ0v) is 26.5. The molecule has 1 aliphatic rings. The highest BCUT2D eigenvalue weighted by atomic mass is 16.3. The van der Waals surface area contributed by atoms with E-state index in [1.807, 2.05) is 58.0 Å². The molecule has 2 heterocycles. The number of amides is 2. The van der Waals surface area contributed by atoms with Crippen LogP contribution in [0, 0.1) is 13.8 Å². The van der Waals surface area contributed by atoms with E-state index in [0.717, 1.165) is 46.4 Å². The molecule has 0 bridgehead atoms. The Hall–Kier alpha value is -4.69. The number of oxazole rings is 1. The van der Waals surface area contributed by atoms with Crippen LogP contribution in [0.15, 0.2) is 84.0 Å². The van der Waals surface area contributed by atoms with Crippen molar-refractivity contribution < 1.29 is 19.1 Å². The van der Waals surface area contributed by atoms with Crippen LogP contribution in [0.3, 0.4) is 0 Å². The fraction of sp³-hybridized carbons (Fsp3) is 0.324. The first kappa shape index (κ1) is 31.7. The highest BCUT2D eigenvalue weighted by molar-refractivity contribution is 6.00. The lowest BCUT2D eigenvalue weighted by Crippen LogP contribution is -2.36. The van der Waals surface area contributed by atoms with Crippen molar-refractivity contribution in [1.82, 2.24) is 20.5 Å². The lowest BCUT2D eigenvalue weighted by molar-refractivity contribution is 0.0715. The Kier molecular flexibility index (Phi) is 9.83. The van der Waals surface area contributed by atoms with E-state index in [1.165, 1.54) is 0 Å². The molecule has 0 aliphatic carbocycles. The summed E-state index contributed by atoms with van der Waals surface area (Å²) in [4.78, 5) is 33.4. The third kappa shape index (κ3) is 7.88. The van der Waals surface area contributed by atoms with Gasteiger partial charge in [-0.15, -0.1) is 0 Å². The first-order chi connectivity index (χ1) is 21.6. The number of phenols is 1. The smallest absolute Gasteiger partial charge is 0.254 e. The van der Waals surface area contributed by atoms with E-state index in [-0.39, 0.29) is 35.7 Å². The maximum Gasteiger partial charge on any atom is 0.254 e. The van der Waals surface area contributed by atoms with Crippen LogP contribution in [0.5, 0.6) is 5.75 Å². The number of aromatic nitrogens is 1. The van der Waals surface area contributed by atoms with Gasteiger partial charge in [0.15, 0.2) is 0 Å². The number of carbonyl (C=O) groups excluding carboxylic acids is 2. The molecule has 0 saturated carbocycles. The van der Waals surface area contributed by atoms with Gasteiger partial charge in [-0.1, -0.05) is 48.6 Å². The van der Waals surface area contributed by atoms with Crippen LogP contribution in [-0.2, 0) is 6.54 Å². The van der Waals surface area contributed by atoms with E-state index in [0.29, 0.717) is 36.5 Å². The molecule has 4 aromatic rings. The predicted octanol–water partition coefficient (Wildman–Crippen LogP) is 7.05. The second-order valence-corrected chi connectivity index (χ2v) is 12.2. The van der Waals surface area contributed by atoms with Crippen molar-refractivity contribution in [3.05, 3.63) is 125 Å². The molecule has 8 nitrogen and oxygen atoms in total. The molecule has 1 aromatic heterocycles. The predicted molar refractivity (Wildman–Crippen MR) is 176 cm³/mol. The monoisotopic (exact) mass is 606 g/mol. The maximum absolute atomic E-state index is 13.7. The van der Waals surface area contributed by atoms with Gasteiger partial charge in [-0.05, 0) is 99.5 Å². The summed E-state index contributed by atoms with van der Waals surface area (Å²) >= 11 is 0. The summed E-state index contributed by atoms with van der Waals surface area (Å²) in [6.07, 6.45) is 3.84. The molecular weight excluding hydrogens is 564 g/mol. The summed E-state index contributed by atoms with van der Waals surface area (Å²) in [7, 11) is 0. The summed E-state index contributed by atoms with van der Waals surface area (Å²) in [5, 5.41) is 16.9. The largest absolute Gasteiger partial charge is 0.508 e. The SMILES string of the molecule is C=C(C)c1cccc(CNC(C[C@H](C)NC(=O)c2cc(C)cc(C(=O)N3CCC[C@@H]3c3nc(C)co3)c2)c2cccc(O)c2)c1. The van der Waals surface area contributed by atoms with Crippen molar-refractivity contribution >= 4 is 17.4 Å². The van der Waals surface area contributed by atoms with Crippen molar-refractivity contribution in [2.75, 3.05) is 6.54 Å². The lowest BCUT2D eigenvalue weighted by atomic mass is 9.98. The third-order valence-corrected chi connectivity index (χ3v) is 8.23. The molecule has 2 amide bonds. The number of benzene rings is 3. The van der Waals surface area contributed by atoms with Crippen LogP contribution in [0.4, 0.5) is 0 Å².